The minimum Gasteiger partial charge on any atom is -0.443 e. The van der Waals surface area contributed by atoms with Crippen LogP contribution in [0.25, 0.3) is 10.9 Å². The topological polar surface area (TPSA) is 67.9 Å². The molecule has 0 aliphatic carbocycles. The molecule has 19 heavy (non-hydrogen) atoms. The molecule has 0 spiro atoms. The summed E-state index contributed by atoms with van der Waals surface area (Å²) in [5.74, 6) is 0. The zero-order valence-electron chi connectivity index (χ0n) is 11.4. The van der Waals surface area contributed by atoms with E-state index in [1.54, 1.807) is 12.3 Å². The van der Waals surface area contributed by atoms with Crippen molar-refractivity contribution in [3.05, 3.63) is 29.7 Å². The Kier molecular flexibility index (Phi) is 3.03. The van der Waals surface area contributed by atoms with E-state index < -0.39 is 11.7 Å². The van der Waals surface area contributed by atoms with Gasteiger partial charge in [-0.1, -0.05) is 0 Å². The monoisotopic (exact) mass is 257 g/mol. The number of aryl methyl sites for hydroxylation is 1. The number of hydrogen-bond acceptors (Lipinski definition) is 4. The summed E-state index contributed by atoms with van der Waals surface area (Å²) in [4.78, 5) is 16.1. The lowest BCUT2D eigenvalue weighted by molar-refractivity contribution is 0.0544. The minimum atomic E-state index is -0.554. The lowest BCUT2D eigenvalue weighted by Gasteiger charge is -2.19. The Morgan fingerprint density at radius 2 is 2.16 bits per heavy atom. The first-order chi connectivity index (χ1) is 8.81. The molecule has 5 nitrogen and oxygen atoms in total. The van der Waals surface area contributed by atoms with Crippen molar-refractivity contribution < 1.29 is 9.53 Å². The average Bonchev–Trinajstić information content (AvgIpc) is 2.64. The van der Waals surface area contributed by atoms with Gasteiger partial charge in [0.2, 0.25) is 0 Å². The number of hydrogen-bond donors (Lipinski definition) is 0. The van der Waals surface area contributed by atoms with Gasteiger partial charge in [-0.25, -0.2) is 9.78 Å². The Bertz CT molecular complexity index is 687. The van der Waals surface area contributed by atoms with Crippen LogP contribution in [0.4, 0.5) is 4.79 Å². The zero-order valence-corrected chi connectivity index (χ0v) is 11.4. The van der Waals surface area contributed by atoms with E-state index in [4.69, 9.17) is 10.00 Å². The molecule has 98 valence electrons. The summed E-state index contributed by atoms with van der Waals surface area (Å²) in [5.41, 5.74) is 1.32. The van der Waals surface area contributed by atoms with Crippen molar-refractivity contribution in [2.45, 2.75) is 33.3 Å². The van der Waals surface area contributed by atoms with Gasteiger partial charge in [0.1, 0.15) is 17.4 Å². The third-order valence-electron chi connectivity index (χ3n) is 2.59. The molecule has 0 aliphatic rings. The van der Waals surface area contributed by atoms with E-state index in [2.05, 4.69) is 4.98 Å². The number of carbonyl (C=O) groups excluding carboxylic acids is 1. The van der Waals surface area contributed by atoms with Crippen molar-refractivity contribution in [3.63, 3.8) is 0 Å². The third-order valence-corrected chi connectivity index (χ3v) is 2.59. The Morgan fingerprint density at radius 1 is 1.47 bits per heavy atom. The molecule has 0 unspecified atom stereocenters. The second kappa shape index (κ2) is 4.39. The number of nitrogens with zero attached hydrogens (tertiary/aromatic N) is 3. The zero-order chi connectivity index (χ0) is 14.2. The number of carbonyl (C=O) groups is 1. The first-order valence-corrected chi connectivity index (χ1v) is 5.93. The summed E-state index contributed by atoms with van der Waals surface area (Å²) in [5, 5.41) is 9.68. The molecule has 0 bridgehead atoms. The molecule has 2 aromatic rings. The number of pyridine rings is 1. The summed E-state index contributed by atoms with van der Waals surface area (Å²) in [6, 6.07) is 3.66. The Morgan fingerprint density at radius 3 is 2.74 bits per heavy atom. The van der Waals surface area contributed by atoms with Crippen LogP contribution in [0.2, 0.25) is 0 Å². The van der Waals surface area contributed by atoms with Gasteiger partial charge in [-0.05, 0) is 39.3 Å². The maximum Gasteiger partial charge on any atom is 0.419 e. The molecule has 0 saturated carbocycles. The smallest absolute Gasteiger partial charge is 0.419 e. The van der Waals surface area contributed by atoms with E-state index in [0.717, 1.165) is 10.9 Å². The van der Waals surface area contributed by atoms with Crippen LogP contribution in [0.5, 0.6) is 0 Å². The first-order valence-electron chi connectivity index (χ1n) is 5.93. The molecule has 2 rings (SSSR count). The van der Waals surface area contributed by atoms with Gasteiger partial charge in [0.05, 0.1) is 11.7 Å². The molecule has 0 aliphatic heterocycles. The summed E-state index contributed by atoms with van der Waals surface area (Å²) < 4.78 is 6.75. The highest BCUT2D eigenvalue weighted by atomic mass is 16.6. The molecule has 2 aromatic heterocycles. The molecule has 0 radical (unpaired) electrons. The van der Waals surface area contributed by atoms with E-state index in [1.807, 2.05) is 33.8 Å². The standard InChI is InChI=1S/C14H15N3O2/c1-9-8-17(13(18)19-14(2,3)4)12-7-16-10(6-15)5-11(9)12/h5,7-8H,1-4H3. The number of aromatic nitrogens is 2. The number of rotatable bonds is 0. The van der Waals surface area contributed by atoms with E-state index >= 15 is 0 Å². The highest BCUT2D eigenvalue weighted by molar-refractivity contribution is 5.91. The summed E-state index contributed by atoms with van der Waals surface area (Å²) in [6.45, 7) is 7.32. The van der Waals surface area contributed by atoms with E-state index in [-0.39, 0.29) is 0 Å². The van der Waals surface area contributed by atoms with Crippen molar-refractivity contribution in [3.8, 4) is 6.07 Å². The van der Waals surface area contributed by atoms with Crippen LogP contribution in [0, 0.1) is 18.3 Å². The van der Waals surface area contributed by atoms with E-state index in [1.165, 1.54) is 10.8 Å². The van der Waals surface area contributed by atoms with Crippen molar-refractivity contribution in [2.75, 3.05) is 0 Å². The van der Waals surface area contributed by atoms with Crippen LogP contribution in [-0.4, -0.2) is 21.2 Å². The summed E-state index contributed by atoms with van der Waals surface area (Å²) >= 11 is 0. The first kappa shape index (κ1) is 13.1. The van der Waals surface area contributed by atoms with Gasteiger partial charge in [-0.2, -0.15) is 5.26 Å². The maximum absolute atomic E-state index is 12.1. The van der Waals surface area contributed by atoms with E-state index in [0.29, 0.717) is 11.2 Å². The summed E-state index contributed by atoms with van der Waals surface area (Å²) in [6.07, 6.45) is 2.77. The highest BCUT2D eigenvalue weighted by Gasteiger charge is 2.20. The molecule has 0 aromatic carbocycles. The molecule has 5 heteroatoms. The quantitative estimate of drug-likeness (QED) is 0.727. The van der Waals surface area contributed by atoms with Crippen molar-refractivity contribution in [1.82, 2.24) is 9.55 Å². The Labute approximate surface area is 111 Å². The minimum absolute atomic E-state index is 0.331. The van der Waals surface area contributed by atoms with Gasteiger partial charge in [0, 0.05) is 11.6 Å². The third kappa shape index (κ3) is 2.58. The van der Waals surface area contributed by atoms with Crippen LogP contribution in [0.1, 0.15) is 32.0 Å². The van der Waals surface area contributed by atoms with Crippen molar-refractivity contribution in [2.24, 2.45) is 0 Å². The fraction of sp³-hybridized carbons (Fsp3) is 0.357. The van der Waals surface area contributed by atoms with Crippen LogP contribution in [-0.2, 0) is 4.74 Å². The highest BCUT2D eigenvalue weighted by Crippen LogP contribution is 2.22. The lowest BCUT2D eigenvalue weighted by atomic mass is 10.2. The second-order valence-corrected chi connectivity index (χ2v) is 5.36. The fourth-order valence-corrected chi connectivity index (χ4v) is 1.81. The largest absolute Gasteiger partial charge is 0.443 e. The fourth-order valence-electron chi connectivity index (χ4n) is 1.81. The van der Waals surface area contributed by atoms with Gasteiger partial charge in [0.15, 0.2) is 0 Å². The average molecular weight is 257 g/mol. The molecule has 0 N–H and O–H groups in total. The number of nitriles is 1. The van der Waals surface area contributed by atoms with E-state index in [9.17, 15) is 4.79 Å². The molecular formula is C14H15N3O2. The predicted octanol–water partition coefficient (Wildman–Crippen LogP) is 3.00. The maximum atomic E-state index is 12.1. The van der Waals surface area contributed by atoms with Crippen molar-refractivity contribution >= 4 is 17.0 Å². The summed E-state index contributed by atoms with van der Waals surface area (Å²) in [7, 11) is 0. The number of ether oxygens (including phenoxy) is 1. The van der Waals surface area contributed by atoms with Gasteiger partial charge in [0.25, 0.3) is 0 Å². The molecule has 0 amide bonds. The lowest BCUT2D eigenvalue weighted by Crippen LogP contribution is -2.26. The molecule has 0 fully saturated rings. The van der Waals surface area contributed by atoms with Gasteiger partial charge in [-0.3, -0.25) is 4.57 Å². The predicted molar refractivity (Wildman–Crippen MR) is 70.8 cm³/mol. The second-order valence-electron chi connectivity index (χ2n) is 5.36. The van der Waals surface area contributed by atoms with Gasteiger partial charge < -0.3 is 4.74 Å². The molecule has 2 heterocycles. The normalized spacial score (nSPS) is 11.3. The SMILES string of the molecule is Cc1cn(C(=O)OC(C)(C)C)c2cnc(C#N)cc12. The molecule has 0 atom stereocenters. The van der Waals surface area contributed by atoms with Crippen molar-refractivity contribution in [1.29, 1.82) is 5.26 Å². The van der Waals surface area contributed by atoms with Gasteiger partial charge >= 0.3 is 6.09 Å². The Balaban J connectivity index is 2.52. The van der Waals surface area contributed by atoms with Crippen LogP contribution in [0.3, 0.4) is 0 Å². The van der Waals surface area contributed by atoms with Gasteiger partial charge in [-0.15, -0.1) is 0 Å². The molecule has 0 saturated heterocycles. The van der Waals surface area contributed by atoms with Crippen LogP contribution >= 0.6 is 0 Å². The Hall–Kier alpha value is -2.35. The van der Waals surface area contributed by atoms with Crippen LogP contribution in [0.15, 0.2) is 18.5 Å². The molecular weight excluding hydrogens is 242 g/mol. The number of fused-ring (bicyclic) bond motifs is 1. The van der Waals surface area contributed by atoms with Crippen LogP contribution < -0.4 is 0 Å².